The highest BCUT2D eigenvalue weighted by molar-refractivity contribution is 5.33. The molecular formula is C12H15FO2. The van der Waals surface area contributed by atoms with Gasteiger partial charge in [0.1, 0.15) is 18.2 Å². The fraction of sp³-hybridized carbons (Fsp3) is 0.333. The van der Waals surface area contributed by atoms with Crippen LogP contribution in [0.5, 0.6) is 5.75 Å². The molecule has 2 nitrogen and oxygen atoms in total. The lowest BCUT2D eigenvalue weighted by atomic mass is 10.2. The lowest BCUT2D eigenvalue weighted by molar-refractivity contribution is 0.267. The summed E-state index contributed by atoms with van der Waals surface area (Å²) in [6, 6.07) is 4.09. The van der Waals surface area contributed by atoms with Crippen molar-refractivity contribution in [1.82, 2.24) is 0 Å². The molecule has 0 bridgehead atoms. The van der Waals surface area contributed by atoms with E-state index in [1.165, 1.54) is 18.2 Å². The van der Waals surface area contributed by atoms with Crippen molar-refractivity contribution >= 4 is 0 Å². The van der Waals surface area contributed by atoms with Crippen molar-refractivity contribution in [2.75, 3.05) is 6.61 Å². The largest absolute Gasteiger partial charge is 0.489 e. The van der Waals surface area contributed by atoms with Crippen LogP contribution in [0.3, 0.4) is 0 Å². The minimum atomic E-state index is -0.374. The Kier molecular flexibility index (Phi) is 4.31. The molecule has 0 atom stereocenters. The van der Waals surface area contributed by atoms with E-state index in [9.17, 15) is 4.39 Å². The predicted molar refractivity (Wildman–Crippen MR) is 57.2 cm³/mol. The van der Waals surface area contributed by atoms with Crippen LogP contribution >= 0.6 is 0 Å². The van der Waals surface area contributed by atoms with Gasteiger partial charge >= 0.3 is 0 Å². The molecule has 0 radical (unpaired) electrons. The Bertz CT molecular complexity index is 347. The highest BCUT2D eigenvalue weighted by Gasteiger charge is 2.04. The molecule has 15 heavy (non-hydrogen) atoms. The smallest absolute Gasteiger partial charge is 0.125 e. The summed E-state index contributed by atoms with van der Waals surface area (Å²) in [5.74, 6) is 0.134. The lowest BCUT2D eigenvalue weighted by Crippen LogP contribution is -2.02. The van der Waals surface area contributed by atoms with E-state index in [-0.39, 0.29) is 12.4 Å². The van der Waals surface area contributed by atoms with Gasteiger partial charge < -0.3 is 9.84 Å². The van der Waals surface area contributed by atoms with Gasteiger partial charge in [-0.15, -0.1) is 0 Å². The van der Waals surface area contributed by atoms with Crippen molar-refractivity contribution in [2.24, 2.45) is 0 Å². The normalized spacial score (nSPS) is 10.1. The molecule has 0 amide bonds. The minimum Gasteiger partial charge on any atom is -0.489 e. The standard InChI is InChI=1S/C12H15FO2/c1-3-9(2)8-15-12-5-4-11(13)6-10(12)7-14/h4-6,14H,2-3,7-8H2,1H3. The molecule has 0 heterocycles. The fourth-order valence-electron chi connectivity index (χ4n) is 1.09. The molecule has 0 spiro atoms. The Hall–Kier alpha value is -1.35. The number of aliphatic hydroxyl groups excluding tert-OH is 1. The van der Waals surface area contributed by atoms with Crippen LogP contribution in [0.25, 0.3) is 0 Å². The summed E-state index contributed by atoms with van der Waals surface area (Å²) in [4.78, 5) is 0. The summed E-state index contributed by atoms with van der Waals surface area (Å²) >= 11 is 0. The van der Waals surface area contributed by atoms with Crippen LogP contribution in [0.15, 0.2) is 30.4 Å². The van der Waals surface area contributed by atoms with Crippen molar-refractivity contribution in [1.29, 1.82) is 0 Å². The first-order valence-corrected chi connectivity index (χ1v) is 4.86. The summed E-state index contributed by atoms with van der Waals surface area (Å²) in [7, 11) is 0. The number of benzene rings is 1. The molecule has 1 rings (SSSR count). The molecule has 1 aromatic rings. The Balaban J connectivity index is 2.72. The molecule has 1 N–H and O–H groups in total. The fourth-order valence-corrected chi connectivity index (χ4v) is 1.09. The van der Waals surface area contributed by atoms with Gasteiger partial charge in [0.15, 0.2) is 0 Å². The molecule has 0 saturated carbocycles. The van der Waals surface area contributed by atoms with Gasteiger partial charge in [-0.3, -0.25) is 0 Å². The molecule has 1 aromatic carbocycles. The van der Waals surface area contributed by atoms with Gasteiger partial charge in [-0.1, -0.05) is 13.5 Å². The number of aliphatic hydroxyl groups is 1. The van der Waals surface area contributed by atoms with Gasteiger partial charge in [0.25, 0.3) is 0 Å². The second-order valence-electron chi connectivity index (χ2n) is 3.30. The Morgan fingerprint density at radius 2 is 2.27 bits per heavy atom. The number of ether oxygens (including phenoxy) is 1. The van der Waals surface area contributed by atoms with Gasteiger partial charge in [0, 0.05) is 5.56 Å². The van der Waals surface area contributed by atoms with Crippen molar-refractivity contribution in [3.8, 4) is 5.75 Å². The van der Waals surface area contributed by atoms with Crippen molar-refractivity contribution in [3.05, 3.63) is 41.7 Å². The second-order valence-corrected chi connectivity index (χ2v) is 3.30. The molecular weight excluding hydrogens is 195 g/mol. The van der Waals surface area contributed by atoms with Crippen molar-refractivity contribution in [2.45, 2.75) is 20.0 Å². The van der Waals surface area contributed by atoms with Crippen LogP contribution in [0.1, 0.15) is 18.9 Å². The van der Waals surface area contributed by atoms with Crippen molar-refractivity contribution in [3.63, 3.8) is 0 Å². The third kappa shape index (κ3) is 3.36. The van der Waals surface area contributed by atoms with Gasteiger partial charge in [0.05, 0.1) is 6.61 Å². The molecule has 3 heteroatoms. The minimum absolute atomic E-state index is 0.230. The van der Waals surface area contributed by atoms with E-state index in [4.69, 9.17) is 9.84 Å². The lowest BCUT2D eigenvalue weighted by Gasteiger charge is -2.10. The van der Waals surface area contributed by atoms with Gasteiger partial charge in [-0.25, -0.2) is 4.39 Å². The van der Waals surface area contributed by atoms with Crippen LogP contribution in [0, 0.1) is 5.82 Å². The van der Waals surface area contributed by atoms with E-state index in [0.29, 0.717) is 17.9 Å². The van der Waals surface area contributed by atoms with E-state index < -0.39 is 0 Å². The van der Waals surface area contributed by atoms with E-state index in [1.54, 1.807) is 0 Å². The Labute approximate surface area is 89.0 Å². The summed E-state index contributed by atoms with van der Waals surface area (Å²) in [6.07, 6.45) is 0.843. The molecule has 82 valence electrons. The molecule has 0 aromatic heterocycles. The highest BCUT2D eigenvalue weighted by atomic mass is 19.1. The molecule has 0 aliphatic heterocycles. The Morgan fingerprint density at radius 1 is 1.53 bits per heavy atom. The highest BCUT2D eigenvalue weighted by Crippen LogP contribution is 2.20. The third-order valence-corrected chi connectivity index (χ3v) is 2.12. The van der Waals surface area contributed by atoms with E-state index in [0.717, 1.165) is 12.0 Å². The Morgan fingerprint density at radius 3 is 2.87 bits per heavy atom. The summed E-state index contributed by atoms with van der Waals surface area (Å²) < 4.78 is 18.2. The van der Waals surface area contributed by atoms with E-state index in [2.05, 4.69) is 6.58 Å². The maximum atomic E-state index is 12.8. The molecule has 0 aliphatic carbocycles. The van der Waals surface area contributed by atoms with Crippen molar-refractivity contribution < 1.29 is 14.2 Å². The van der Waals surface area contributed by atoms with Crippen LogP contribution in [0.2, 0.25) is 0 Å². The number of hydrogen-bond acceptors (Lipinski definition) is 2. The maximum Gasteiger partial charge on any atom is 0.125 e. The molecule has 0 saturated heterocycles. The maximum absolute atomic E-state index is 12.8. The van der Waals surface area contributed by atoms with Gasteiger partial charge in [-0.05, 0) is 30.2 Å². The van der Waals surface area contributed by atoms with Crippen LogP contribution < -0.4 is 4.74 Å². The molecule has 0 fully saturated rings. The summed E-state index contributed by atoms with van der Waals surface area (Å²) in [6.45, 7) is 5.96. The average Bonchev–Trinajstić information content (AvgIpc) is 2.26. The van der Waals surface area contributed by atoms with E-state index >= 15 is 0 Å². The number of halogens is 1. The monoisotopic (exact) mass is 210 g/mol. The summed E-state index contributed by atoms with van der Waals surface area (Å²) in [5, 5.41) is 9.00. The van der Waals surface area contributed by atoms with Gasteiger partial charge in [0.2, 0.25) is 0 Å². The molecule has 0 unspecified atom stereocenters. The number of rotatable bonds is 5. The van der Waals surface area contributed by atoms with Crippen LogP contribution in [-0.4, -0.2) is 11.7 Å². The molecule has 0 aliphatic rings. The second kappa shape index (κ2) is 5.51. The zero-order valence-corrected chi connectivity index (χ0v) is 8.79. The van der Waals surface area contributed by atoms with Crippen LogP contribution in [0.4, 0.5) is 4.39 Å². The quantitative estimate of drug-likeness (QED) is 0.757. The zero-order valence-electron chi connectivity index (χ0n) is 8.79. The average molecular weight is 210 g/mol. The first-order valence-electron chi connectivity index (χ1n) is 4.86. The number of hydrogen-bond donors (Lipinski definition) is 1. The van der Waals surface area contributed by atoms with E-state index in [1.807, 2.05) is 6.92 Å². The third-order valence-electron chi connectivity index (χ3n) is 2.12. The van der Waals surface area contributed by atoms with Gasteiger partial charge in [-0.2, -0.15) is 0 Å². The SMILES string of the molecule is C=C(CC)COc1ccc(F)cc1CO. The first kappa shape index (κ1) is 11.7. The predicted octanol–water partition coefficient (Wildman–Crippen LogP) is 2.66. The first-order chi connectivity index (χ1) is 7.17. The zero-order chi connectivity index (χ0) is 11.3. The van der Waals surface area contributed by atoms with Crippen LogP contribution in [-0.2, 0) is 6.61 Å². The topological polar surface area (TPSA) is 29.5 Å². The summed E-state index contributed by atoms with van der Waals surface area (Å²) in [5.41, 5.74) is 1.42.